The maximum Gasteiger partial charge on any atom is 0.240 e. The standard InChI is InChI=1S/C15H27N3O2/c1-2-9-18-10-8-16-13(15(18)20)11-14(19)17-12-6-4-3-5-7-12/h12-13,16H,2-11H2,1H3,(H,17,19). The molecule has 2 fully saturated rings. The zero-order valence-electron chi connectivity index (χ0n) is 12.5. The predicted octanol–water partition coefficient (Wildman–Crippen LogP) is 1.04. The van der Waals surface area contributed by atoms with E-state index in [-0.39, 0.29) is 24.3 Å². The molecule has 2 N–H and O–H groups in total. The molecule has 1 heterocycles. The average Bonchev–Trinajstić information content (AvgIpc) is 2.44. The van der Waals surface area contributed by atoms with E-state index < -0.39 is 0 Å². The third-order valence-electron chi connectivity index (χ3n) is 4.24. The van der Waals surface area contributed by atoms with Crippen LogP contribution in [-0.2, 0) is 9.59 Å². The monoisotopic (exact) mass is 281 g/mol. The van der Waals surface area contributed by atoms with Gasteiger partial charge in [0.2, 0.25) is 11.8 Å². The van der Waals surface area contributed by atoms with Crippen LogP contribution in [0.2, 0.25) is 0 Å². The Labute approximate surface area is 121 Å². The van der Waals surface area contributed by atoms with Crippen molar-refractivity contribution in [2.24, 2.45) is 0 Å². The molecule has 1 saturated heterocycles. The fraction of sp³-hybridized carbons (Fsp3) is 0.867. The second-order valence-electron chi connectivity index (χ2n) is 5.94. The highest BCUT2D eigenvalue weighted by atomic mass is 16.2. The van der Waals surface area contributed by atoms with E-state index in [4.69, 9.17) is 0 Å². The topological polar surface area (TPSA) is 61.4 Å². The normalized spacial score (nSPS) is 24.8. The molecule has 1 aliphatic carbocycles. The lowest BCUT2D eigenvalue weighted by molar-refractivity contribution is -0.138. The van der Waals surface area contributed by atoms with Crippen molar-refractivity contribution in [2.45, 2.75) is 64.0 Å². The fourth-order valence-corrected chi connectivity index (χ4v) is 3.16. The zero-order chi connectivity index (χ0) is 14.4. The predicted molar refractivity (Wildman–Crippen MR) is 78.3 cm³/mol. The number of hydrogen-bond donors (Lipinski definition) is 2. The summed E-state index contributed by atoms with van der Waals surface area (Å²) in [5, 5.41) is 6.26. The van der Waals surface area contributed by atoms with Gasteiger partial charge in [0.15, 0.2) is 0 Å². The molecule has 0 aromatic carbocycles. The molecular weight excluding hydrogens is 254 g/mol. The van der Waals surface area contributed by atoms with Gasteiger partial charge in [0, 0.05) is 25.7 Å². The summed E-state index contributed by atoms with van der Waals surface area (Å²) in [6.07, 6.45) is 7.09. The zero-order valence-corrected chi connectivity index (χ0v) is 12.5. The largest absolute Gasteiger partial charge is 0.353 e. The lowest BCUT2D eigenvalue weighted by Crippen LogP contribution is -2.56. The second kappa shape index (κ2) is 7.62. The third-order valence-corrected chi connectivity index (χ3v) is 4.24. The number of carbonyl (C=O) groups is 2. The molecule has 114 valence electrons. The highest BCUT2D eigenvalue weighted by Crippen LogP contribution is 2.17. The van der Waals surface area contributed by atoms with Gasteiger partial charge in [-0.15, -0.1) is 0 Å². The summed E-state index contributed by atoms with van der Waals surface area (Å²) in [5.41, 5.74) is 0. The Morgan fingerprint density at radius 3 is 2.80 bits per heavy atom. The number of nitrogens with one attached hydrogen (secondary N) is 2. The first-order chi connectivity index (χ1) is 9.70. The third kappa shape index (κ3) is 4.20. The van der Waals surface area contributed by atoms with Gasteiger partial charge < -0.3 is 15.5 Å². The molecule has 0 aromatic heterocycles. The van der Waals surface area contributed by atoms with Crippen LogP contribution in [0.1, 0.15) is 51.9 Å². The van der Waals surface area contributed by atoms with Gasteiger partial charge >= 0.3 is 0 Å². The Hall–Kier alpha value is -1.10. The van der Waals surface area contributed by atoms with E-state index in [9.17, 15) is 9.59 Å². The van der Waals surface area contributed by atoms with Gasteiger partial charge in [-0.3, -0.25) is 9.59 Å². The van der Waals surface area contributed by atoms with Crippen LogP contribution in [0.3, 0.4) is 0 Å². The second-order valence-corrected chi connectivity index (χ2v) is 5.94. The molecular formula is C15H27N3O2. The quantitative estimate of drug-likeness (QED) is 0.791. The van der Waals surface area contributed by atoms with Crippen LogP contribution in [0.25, 0.3) is 0 Å². The Morgan fingerprint density at radius 2 is 2.10 bits per heavy atom. The van der Waals surface area contributed by atoms with E-state index in [1.807, 2.05) is 4.90 Å². The highest BCUT2D eigenvalue weighted by molar-refractivity contribution is 5.89. The van der Waals surface area contributed by atoms with Gasteiger partial charge in [-0.25, -0.2) is 0 Å². The van der Waals surface area contributed by atoms with E-state index in [2.05, 4.69) is 17.6 Å². The van der Waals surface area contributed by atoms with Crippen LogP contribution in [0, 0.1) is 0 Å². The first-order valence-electron chi connectivity index (χ1n) is 8.02. The Kier molecular flexibility index (Phi) is 5.83. The average molecular weight is 281 g/mol. The fourth-order valence-electron chi connectivity index (χ4n) is 3.16. The van der Waals surface area contributed by atoms with Crippen LogP contribution < -0.4 is 10.6 Å². The van der Waals surface area contributed by atoms with Gasteiger partial charge in [0.05, 0.1) is 12.5 Å². The lowest BCUT2D eigenvalue weighted by atomic mass is 9.95. The van der Waals surface area contributed by atoms with Crippen molar-refractivity contribution in [3.8, 4) is 0 Å². The minimum absolute atomic E-state index is 0.0149. The van der Waals surface area contributed by atoms with Crippen molar-refractivity contribution < 1.29 is 9.59 Å². The number of carbonyl (C=O) groups excluding carboxylic acids is 2. The summed E-state index contributed by atoms with van der Waals surface area (Å²) in [5.74, 6) is 0.0954. The van der Waals surface area contributed by atoms with Crippen molar-refractivity contribution in [1.29, 1.82) is 0 Å². The Balaban J connectivity index is 1.78. The summed E-state index contributed by atoms with van der Waals surface area (Å²) in [6.45, 7) is 4.40. The molecule has 0 spiro atoms. The molecule has 2 rings (SSSR count). The van der Waals surface area contributed by atoms with Crippen LogP contribution in [0.5, 0.6) is 0 Å². The smallest absolute Gasteiger partial charge is 0.240 e. The molecule has 5 heteroatoms. The summed E-state index contributed by atoms with van der Waals surface area (Å²) in [6, 6.07) is -0.0134. The first kappa shape index (κ1) is 15.3. The van der Waals surface area contributed by atoms with Crippen LogP contribution in [-0.4, -0.2) is 48.4 Å². The summed E-state index contributed by atoms with van der Waals surface area (Å²) >= 11 is 0. The van der Waals surface area contributed by atoms with Crippen LogP contribution in [0.4, 0.5) is 0 Å². The van der Waals surface area contributed by atoms with Gasteiger partial charge in [-0.1, -0.05) is 26.2 Å². The highest BCUT2D eigenvalue weighted by Gasteiger charge is 2.30. The van der Waals surface area contributed by atoms with Gasteiger partial charge in [-0.05, 0) is 19.3 Å². The molecule has 1 atom stereocenters. The molecule has 0 radical (unpaired) electrons. The molecule has 1 saturated carbocycles. The van der Waals surface area contributed by atoms with Crippen molar-refractivity contribution in [3.05, 3.63) is 0 Å². The molecule has 2 amide bonds. The molecule has 20 heavy (non-hydrogen) atoms. The van der Waals surface area contributed by atoms with E-state index >= 15 is 0 Å². The Bertz CT molecular complexity index is 338. The van der Waals surface area contributed by atoms with Crippen LogP contribution in [0.15, 0.2) is 0 Å². The van der Waals surface area contributed by atoms with Gasteiger partial charge in [0.25, 0.3) is 0 Å². The molecule has 1 aliphatic heterocycles. The number of piperazine rings is 1. The SMILES string of the molecule is CCCN1CCNC(CC(=O)NC2CCCCC2)C1=O. The maximum absolute atomic E-state index is 12.2. The lowest BCUT2D eigenvalue weighted by Gasteiger charge is -2.33. The van der Waals surface area contributed by atoms with Crippen LogP contribution >= 0.6 is 0 Å². The van der Waals surface area contributed by atoms with Gasteiger partial charge in [-0.2, -0.15) is 0 Å². The molecule has 5 nitrogen and oxygen atoms in total. The van der Waals surface area contributed by atoms with Crippen molar-refractivity contribution in [3.63, 3.8) is 0 Å². The minimum atomic E-state index is -0.334. The van der Waals surface area contributed by atoms with Gasteiger partial charge in [0.1, 0.15) is 0 Å². The van der Waals surface area contributed by atoms with E-state index in [0.717, 1.165) is 38.9 Å². The van der Waals surface area contributed by atoms with Crippen molar-refractivity contribution >= 4 is 11.8 Å². The van der Waals surface area contributed by atoms with Crippen molar-refractivity contribution in [2.75, 3.05) is 19.6 Å². The summed E-state index contributed by atoms with van der Waals surface area (Å²) in [7, 11) is 0. The maximum atomic E-state index is 12.2. The molecule has 2 aliphatic rings. The van der Waals surface area contributed by atoms with E-state index in [0.29, 0.717) is 6.04 Å². The number of amides is 2. The number of hydrogen-bond acceptors (Lipinski definition) is 3. The minimum Gasteiger partial charge on any atom is -0.353 e. The molecule has 0 bridgehead atoms. The Morgan fingerprint density at radius 1 is 1.35 bits per heavy atom. The summed E-state index contributed by atoms with van der Waals surface area (Å²) in [4.78, 5) is 26.2. The van der Waals surface area contributed by atoms with E-state index in [1.54, 1.807) is 0 Å². The van der Waals surface area contributed by atoms with Crippen molar-refractivity contribution in [1.82, 2.24) is 15.5 Å². The molecule has 1 unspecified atom stereocenters. The first-order valence-corrected chi connectivity index (χ1v) is 8.02. The molecule has 0 aromatic rings. The summed E-state index contributed by atoms with van der Waals surface area (Å²) < 4.78 is 0. The number of rotatable bonds is 5. The van der Waals surface area contributed by atoms with E-state index in [1.165, 1.54) is 19.3 Å². The number of nitrogens with zero attached hydrogens (tertiary/aromatic N) is 1.